The van der Waals surface area contributed by atoms with Crippen LogP contribution in [0.3, 0.4) is 0 Å². The average molecular weight is 267 g/mol. The highest BCUT2D eigenvalue weighted by Crippen LogP contribution is 2.31. The van der Waals surface area contributed by atoms with E-state index in [0.717, 1.165) is 24.2 Å². The van der Waals surface area contributed by atoms with Crippen molar-refractivity contribution in [3.05, 3.63) is 60.7 Å². The molecule has 0 aliphatic carbocycles. The van der Waals surface area contributed by atoms with Crippen molar-refractivity contribution >= 4 is 17.3 Å². The maximum Gasteiger partial charge on any atom is 0.307 e. The smallest absolute Gasteiger partial charge is 0.307 e. The molecule has 2 aromatic carbocycles. The number of anilines is 2. The number of nitrogens with zero attached hydrogens (tertiary/aromatic N) is 1. The van der Waals surface area contributed by atoms with Gasteiger partial charge in [-0.25, -0.2) is 0 Å². The van der Waals surface area contributed by atoms with Crippen LogP contribution >= 0.6 is 0 Å². The van der Waals surface area contributed by atoms with Crippen LogP contribution in [-0.4, -0.2) is 12.2 Å². The quantitative estimate of drug-likeness (QED) is 0.790. The second kappa shape index (κ2) is 5.78. The Bertz CT molecular complexity index is 529. The van der Waals surface area contributed by atoms with E-state index in [1.54, 1.807) is 0 Å². The molecule has 0 bridgehead atoms. The van der Waals surface area contributed by atoms with Gasteiger partial charge in [0.1, 0.15) is 0 Å². The van der Waals surface area contributed by atoms with Crippen LogP contribution in [-0.2, 0) is 9.53 Å². The Morgan fingerprint density at radius 3 is 1.95 bits per heavy atom. The van der Waals surface area contributed by atoms with Crippen LogP contribution in [0.2, 0.25) is 0 Å². The van der Waals surface area contributed by atoms with Crippen molar-refractivity contribution < 1.29 is 9.53 Å². The molecule has 1 atom stereocenters. The van der Waals surface area contributed by atoms with Crippen molar-refractivity contribution in [2.75, 3.05) is 4.90 Å². The number of carbonyl (C=O) groups is 1. The Hall–Kier alpha value is -2.29. The average Bonchev–Trinajstić information content (AvgIpc) is 2.50. The molecule has 1 unspecified atom stereocenters. The maximum absolute atomic E-state index is 11.6. The van der Waals surface area contributed by atoms with Crippen LogP contribution in [0.25, 0.3) is 0 Å². The van der Waals surface area contributed by atoms with E-state index < -0.39 is 0 Å². The zero-order chi connectivity index (χ0) is 13.8. The third-order valence-corrected chi connectivity index (χ3v) is 3.46. The van der Waals surface area contributed by atoms with Gasteiger partial charge in [0, 0.05) is 24.2 Å². The van der Waals surface area contributed by atoms with Gasteiger partial charge in [-0.05, 0) is 30.7 Å². The Labute approximate surface area is 118 Å². The summed E-state index contributed by atoms with van der Waals surface area (Å²) in [4.78, 5) is 13.7. The summed E-state index contributed by atoms with van der Waals surface area (Å²) in [5.74, 6) is -0.113. The molecule has 102 valence electrons. The van der Waals surface area contributed by atoms with Gasteiger partial charge in [0.05, 0.1) is 0 Å². The van der Waals surface area contributed by atoms with Crippen molar-refractivity contribution in [2.45, 2.75) is 25.5 Å². The van der Waals surface area contributed by atoms with Crippen molar-refractivity contribution in [1.29, 1.82) is 0 Å². The van der Waals surface area contributed by atoms with E-state index in [-0.39, 0.29) is 12.2 Å². The van der Waals surface area contributed by atoms with Gasteiger partial charge in [-0.1, -0.05) is 36.4 Å². The first kappa shape index (κ1) is 12.7. The van der Waals surface area contributed by atoms with Crippen LogP contribution in [0, 0.1) is 0 Å². The fraction of sp³-hybridized carbons (Fsp3) is 0.235. The van der Waals surface area contributed by atoms with Gasteiger partial charge < -0.3 is 9.64 Å². The summed E-state index contributed by atoms with van der Waals surface area (Å²) in [7, 11) is 0. The van der Waals surface area contributed by atoms with E-state index in [2.05, 4.69) is 4.90 Å². The van der Waals surface area contributed by atoms with Gasteiger partial charge in [-0.2, -0.15) is 0 Å². The molecule has 0 amide bonds. The SMILES string of the molecule is O=C1CCCC(N(c2ccccc2)c2ccccc2)O1. The third kappa shape index (κ3) is 2.67. The third-order valence-electron chi connectivity index (χ3n) is 3.46. The molecule has 3 nitrogen and oxygen atoms in total. The van der Waals surface area contributed by atoms with Gasteiger partial charge in [0.25, 0.3) is 0 Å². The van der Waals surface area contributed by atoms with Crippen molar-refractivity contribution in [3.8, 4) is 0 Å². The Balaban J connectivity index is 1.97. The standard InChI is InChI=1S/C17H17NO2/c19-17-13-7-12-16(20-17)18(14-8-3-1-4-9-14)15-10-5-2-6-11-15/h1-6,8-11,16H,7,12-13H2. The molecule has 20 heavy (non-hydrogen) atoms. The molecule has 1 aliphatic rings. The Morgan fingerprint density at radius 1 is 0.900 bits per heavy atom. The Kier molecular flexibility index (Phi) is 3.68. The molecular formula is C17H17NO2. The molecule has 0 aromatic heterocycles. The van der Waals surface area contributed by atoms with Gasteiger partial charge >= 0.3 is 5.97 Å². The van der Waals surface area contributed by atoms with E-state index in [0.29, 0.717) is 6.42 Å². The highest BCUT2D eigenvalue weighted by atomic mass is 16.6. The first-order chi connectivity index (χ1) is 9.84. The fourth-order valence-electron chi connectivity index (χ4n) is 2.53. The molecule has 0 N–H and O–H groups in total. The summed E-state index contributed by atoms with van der Waals surface area (Å²) in [5.41, 5.74) is 2.08. The largest absolute Gasteiger partial charge is 0.441 e. The maximum atomic E-state index is 11.6. The minimum Gasteiger partial charge on any atom is -0.441 e. The lowest BCUT2D eigenvalue weighted by Gasteiger charge is -2.35. The zero-order valence-corrected chi connectivity index (χ0v) is 11.2. The lowest BCUT2D eigenvalue weighted by molar-refractivity contribution is -0.153. The summed E-state index contributed by atoms with van der Waals surface area (Å²) >= 11 is 0. The predicted molar refractivity (Wildman–Crippen MR) is 78.8 cm³/mol. The normalized spacial score (nSPS) is 18.4. The number of hydrogen-bond acceptors (Lipinski definition) is 3. The van der Waals surface area contributed by atoms with Crippen LogP contribution in [0.4, 0.5) is 11.4 Å². The second-order valence-electron chi connectivity index (χ2n) is 4.88. The summed E-state index contributed by atoms with van der Waals surface area (Å²) in [5, 5.41) is 0. The molecular weight excluding hydrogens is 250 g/mol. The van der Waals surface area contributed by atoms with E-state index in [1.165, 1.54) is 0 Å². The number of hydrogen-bond donors (Lipinski definition) is 0. The van der Waals surface area contributed by atoms with Gasteiger partial charge in [-0.3, -0.25) is 4.79 Å². The number of ether oxygens (including phenoxy) is 1. The van der Waals surface area contributed by atoms with Crippen molar-refractivity contribution in [2.24, 2.45) is 0 Å². The van der Waals surface area contributed by atoms with Crippen molar-refractivity contribution in [1.82, 2.24) is 0 Å². The number of rotatable bonds is 3. The molecule has 3 rings (SSSR count). The fourth-order valence-corrected chi connectivity index (χ4v) is 2.53. The number of esters is 1. The van der Waals surface area contributed by atoms with Gasteiger partial charge in [-0.15, -0.1) is 0 Å². The van der Waals surface area contributed by atoms with E-state index >= 15 is 0 Å². The number of benzene rings is 2. The van der Waals surface area contributed by atoms with E-state index in [9.17, 15) is 4.79 Å². The predicted octanol–water partition coefficient (Wildman–Crippen LogP) is 3.88. The van der Waals surface area contributed by atoms with Crippen LogP contribution < -0.4 is 4.90 Å². The minimum absolute atomic E-state index is 0.113. The minimum atomic E-state index is -0.221. The zero-order valence-electron chi connectivity index (χ0n) is 11.2. The summed E-state index contributed by atoms with van der Waals surface area (Å²) < 4.78 is 5.54. The van der Waals surface area contributed by atoms with E-state index in [4.69, 9.17) is 4.74 Å². The molecule has 1 fully saturated rings. The van der Waals surface area contributed by atoms with Gasteiger partial charge in [0.15, 0.2) is 6.23 Å². The molecule has 3 heteroatoms. The molecule has 1 aliphatic heterocycles. The van der Waals surface area contributed by atoms with Gasteiger partial charge in [0.2, 0.25) is 0 Å². The number of cyclic esters (lactones) is 1. The lowest BCUT2D eigenvalue weighted by Crippen LogP contribution is -2.38. The molecule has 0 spiro atoms. The molecule has 0 radical (unpaired) electrons. The molecule has 2 aromatic rings. The van der Waals surface area contributed by atoms with Crippen LogP contribution in [0.5, 0.6) is 0 Å². The second-order valence-corrected chi connectivity index (χ2v) is 4.88. The number of para-hydroxylation sites is 2. The summed E-state index contributed by atoms with van der Waals surface area (Å²) in [6.07, 6.45) is 2.03. The molecule has 1 saturated heterocycles. The first-order valence-corrected chi connectivity index (χ1v) is 6.93. The van der Waals surface area contributed by atoms with Crippen LogP contribution in [0.1, 0.15) is 19.3 Å². The monoisotopic (exact) mass is 267 g/mol. The molecule has 0 saturated carbocycles. The summed E-state index contributed by atoms with van der Waals surface area (Å²) in [6.45, 7) is 0. The Morgan fingerprint density at radius 2 is 1.45 bits per heavy atom. The number of carbonyl (C=O) groups excluding carboxylic acids is 1. The lowest BCUT2D eigenvalue weighted by atomic mass is 10.1. The highest BCUT2D eigenvalue weighted by Gasteiger charge is 2.27. The first-order valence-electron chi connectivity index (χ1n) is 6.93. The highest BCUT2D eigenvalue weighted by molar-refractivity contribution is 5.72. The van der Waals surface area contributed by atoms with Crippen molar-refractivity contribution in [3.63, 3.8) is 0 Å². The van der Waals surface area contributed by atoms with E-state index in [1.807, 2.05) is 60.7 Å². The molecule has 1 heterocycles. The summed E-state index contributed by atoms with van der Waals surface area (Å²) in [6, 6.07) is 20.1. The van der Waals surface area contributed by atoms with Crippen LogP contribution in [0.15, 0.2) is 60.7 Å². The topological polar surface area (TPSA) is 29.5 Å².